The Morgan fingerprint density at radius 1 is 1.06 bits per heavy atom. The third-order valence-electron chi connectivity index (χ3n) is 8.02. The number of likely N-dealkylation sites (tertiary alicyclic amines) is 1. The molecule has 10 heteroatoms. The number of aromatic nitrogens is 1. The third kappa shape index (κ3) is 3.05. The molecule has 2 aliphatic carbocycles. The Labute approximate surface area is 208 Å². The lowest BCUT2D eigenvalue weighted by atomic mass is 9.69. The number of para-hydroxylation sites is 1. The molecule has 178 valence electrons. The molecule has 2 saturated carbocycles. The molecular formula is C25H21N3O5S2. The van der Waals surface area contributed by atoms with E-state index in [4.69, 9.17) is 4.42 Å². The predicted octanol–water partition coefficient (Wildman–Crippen LogP) is 3.14. The number of amides is 3. The number of rotatable bonds is 4. The molecule has 1 aromatic carbocycles. The molecule has 0 radical (unpaired) electrons. The summed E-state index contributed by atoms with van der Waals surface area (Å²) in [4.78, 5) is 56.8. The number of H-pyrrole nitrogens is 1. The summed E-state index contributed by atoms with van der Waals surface area (Å²) in [6.45, 7) is -0.274. The van der Waals surface area contributed by atoms with Crippen LogP contribution in [0.25, 0.3) is 0 Å². The number of thioether (sulfide) groups is 1. The number of nitrogens with one attached hydrogen (secondary N) is 2. The van der Waals surface area contributed by atoms with Crippen LogP contribution >= 0.6 is 23.1 Å². The first kappa shape index (κ1) is 21.2. The lowest BCUT2D eigenvalue weighted by Gasteiger charge is -2.42. The van der Waals surface area contributed by atoms with E-state index in [2.05, 4.69) is 10.3 Å². The number of nitrogens with zero attached hydrogens (tertiary/aromatic N) is 1. The van der Waals surface area contributed by atoms with Gasteiger partial charge in [0.2, 0.25) is 17.7 Å². The van der Waals surface area contributed by atoms with Gasteiger partial charge in [-0.2, -0.15) is 0 Å². The fourth-order valence-corrected chi connectivity index (χ4v) is 9.76. The number of thiazole rings is 1. The molecule has 8 nitrogen and oxygen atoms in total. The molecule has 3 aromatic rings. The van der Waals surface area contributed by atoms with Gasteiger partial charge in [-0.15, -0.1) is 11.8 Å². The predicted molar refractivity (Wildman–Crippen MR) is 129 cm³/mol. The van der Waals surface area contributed by atoms with E-state index < -0.39 is 11.8 Å². The Morgan fingerprint density at radius 3 is 2.57 bits per heavy atom. The lowest BCUT2D eigenvalue weighted by Crippen LogP contribution is -2.42. The van der Waals surface area contributed by atoms with E-state index in [0.717, 1.165) is 27.0 Å². The van der Waals surface area contributed by atoms with Gasteiger partial charge in [-0.25, -0.2) is 0 Å². The van der Waals surface area contributed by atoms with Gasteiger partial charge >= 0.3 is 4.87 Å². The van der Waals surface area contributed by atoms with Crippen LogP contribution in [0.5, 0.6) is 0 Å². The van der Waals surface area contributed by atoms with Gasteiger partial charge in [-0.3, -0.25) is 24.1 Å². The van der Waals surface area contributed by atoms with Gasteiger partial charge in [0.15, 0.2) is 0 Å². The van der Waals surface area contributed by atoms with Crippen LogP contribution in [0.1, 0.15) is 23.0 Å². The second kappa shape index (κ2) is 7.69. The third-order valence-corrected chi connectivity index (χ3v) is 10.6. The number of fused-ring (bicyclic) bond motifs is 9. The molecule has 1 saturated heterocycles. The number of hydrogen-bond acceptors (Lipinski definition) is 7. The molecule has 3 amide bonds. The normalized spacial score (nSPS) is 32.5. The largest absolute Gasteiger partial charge is 0.469 e. The molecule has 7 rings (SSSR count). The maximum Gasteiger partial charge on any atom is 0.305 e. The smallest absolute Gasteiger partial charge is 0.305 e. The lowest BCUT2D eigenvalue weighted by molar-refractivity contribution is -0.143. The number of benzene rings is 1. The van der Waals surface area contributed by atoms with Crippen LogP contribution < -0.4 is 10.2 Å². The summed E-state index contributed by atoms with van der Waals surface area (Å²) in [7, 11) is 0. The Kier molecular flexibility index (Phi) is 4.66. The molecule has 4 heterocycles. The molecule has 2 aromatic heterocycles. The van der Waals surface area contributed by atoms with Crippen LogP contribution in [0.4, 0.5) is 5.69 Å². The van der Waals surface area contributed by atoms with Crippen molar-refractivity contribution in [3.8, 4) is 0 Å². The SMILES string of the molecule is O=C(CN1C(=O)C2C3CC(C2C1=O)C1C3Sc2[nH]c(=O)sc2[C@@H]1c1ccco1)Nc1ccccc1. The standard InChI is InChI=1S/C25H21N3O5S2/c29-15(26-11-5-2-1-3-6-11)10-28-23(30)17-12-9-13(18(17)24(28)31)20-16(12)19(14-7-4-8-33-14)21-22(34-20)27-25(32)35-21/h1-8,12-13,16-20H,9-10H2,(H,26,29)(H,27,32)/t12?,13?,16?,17?,18?,19-,20?/m1/s1. The molecule has 0 spiro atoms. The van der Waals surface area contributed by atoms with Crippen LogP contribution in [0.3, 0.4) is 0 Å². The van der Waals surface area contributed by atoms with Gasteiger partial charge in [-0.05, 0) is 48.4 Å². The molecule has 2 N–H and O–H groups in total. The van der Waals surface area contributed by atoms with Crippen molar-refractivity contribution in [3.63, 3.8) is 0 Å². The minimum absolute atomic E-state index is 0.00147. The van der Waals surface area contributed by atoms with E-state index >= 15 is 0 Å². The van der Waals surface area contributed by atoms with Gasteiger partial charge in [0.1, 0.15) is 12.3 Å². The number of anilines is 1. The summed E-state index contributed by atoms with van der Waals surface area (Å²) < 4.78 is 5.81. The van der Waals surface area contributed by atoms with Gasteiger partial charge < -0.3 is 14.7 Å². The highest BCUT2D eigenvalue weighted by Gasteiger charge is 2.69. The van der Waals surface area contributed by atoms with E-state index in [1.807, 2.05) is 30.3 Å². The van der Waals surface area contributed by atoms with Crippen molar-refractivity contribution < 1.29 is 18.8 Å². The number of imide groups is 1. The van der Waals surface area contributed by atoms with Crippen molar-refractivity contribution in [2.45, 2.75) is 22.6 Å². The number of hydrogen-bond donors (Lipinski definition) is 2. The van der Waals surface area contributed by atoms with E-state index in [0.29, 0.717) is 5.69 Å². The van der Waals surface area contributed by atoms with E-state index in [9.17, 15) is 19.2 Å². The Bertz CT molecular complexity index is 1400. The Morgan fingerprint density at radius 2 is 1.83 bits per heavy atom. The number of aromatic amines is 1. The fourth-order valence-electron chi connectivity index (χ4n) is 6.89. The summed E-state index contributed by atoms with van der Waals surface area (Å²) in [6.07, 6.45) is 2.43. The molecule has 35 heavy (non-hydrogen) atoms. The molecule has 3 fully saturated rings. The highest BCUT2D eigenvalue weighted by atomic mass is 32.2. The maximum absolute atomic E-state index is 13.5. The van der Waals surface area contributed by atoms with Crippen LogP contribution in [0.15, 0.2) is 63.0 Å². The van der Waals surface area contributed by atoms with Gasteiger partial charge in [0, 0.05) is 10.9 Å². The first-order chi connectivity index (χ1) is 17.0. The quantitative estimate of drug-likeness (QED) is 0.525. The summed E-state index contributed by atoms with van der Waals surface area (Å²) >= 11 is 2.84. The van der Waals surface area contributed by atoms with Crippen LogP contribution in [-0.4, -0.2) is 39.4 Å². The second-order valence-electron chi connectivity index (χ2n) is 9.65. The van der Waals surface area contributed by atoms with Crippen LogP contribution in [-0.2, 0) is 14.4 Å². The number of carbonyl (C=O) groups excluding carboxylic acids is 3. The number of carbonyl (C=O) groups is 3. The molecular weight excluding hydrogens is 486 g/mol. The molecule has 7 atom stereocenters. The minimum Gasteiger partial charge on any atom is -0.469 e. The van der Waals surface area contributed by atoms with Crippen molar-refractivity contribution in [1.29, 1.82) is 0 Å². The average molecular weight is 508 g/mol. The zero-order valence-corrected chi connectivity index (χ0v) is 20.0. The van der Waals surface area contributed by atoms with Crippen molar-refractivity contribution >= 4 is 46.5 Å². The molecule has 6 unspecified atom stereocenters. The summed E-state index contributed by atoms with van der Waals surface area (Å²) in [5, 5.41) is 3.72. The van der Waals surface area contributed by atoms with Crippen molar-refractivity contribution in [2.24, 2.45) is 29.6 Å². The van der Waals surface area contributed by atoms with Crippen molar-refractivity contribution in [3.05, 3.63) is 69.0 Å². The van der Waals surface area contributed by atoms with Crippen molar-refractivity contribution in [1.82, 2.24) is 9.88 Å². The summed E-state index contributed by atoms with van der Waals surface area (Å²) in [5.74, 6) is -0.922. The number of furan rings is 1. The molecule has 2 aliphatic heterocycles. The zero-order valence-electron chi connectivity index (χ0n) is 18.4. The summed E-state index contributed by atoms with van der Waals surface area (Å²) in [6, 6.07) is 12.8. The highest BCUT2D eigenvalue weighted by Crippen LogP contribution is 2.68. The Balaban J connectivity index is 1.19. The first-order valence-electron chi connectivity index (χ1n) is 11.6. The minimum atomic E-state index is -0.423. The van der Waals surface area contributed by atoms with Gasteiger partial charge in [-0.1, -0.05) is 29.5 Å². The molecule has 4 aliphatic rings. The van der Waals surface area contributed by atoms with Crippen molar-refractivity contribution in [2.75, 3.05) is 11.9 Å². The van der Waals surface area contributed by atoms with E-state index in [-0.39, 0.29) is 58.1 Å². The zero-order chi connectivity index (χ0) is 23.8. The van der Waals surface area contributed by atoms with Crippen LogP contribution in [0.2, 0.25) is 0 Å². The monoisotopic (exact) mass is 507 g/mol. The maximum atomic E-state index is 13.5. The first-order valence-corrected chi connectivity index (χ1v) is 13.3. The second-order valence-corrected chi connectivity index (χ2v) is 11.9. The average Bonchev–Trinajstić information content (AvgIpc) is 3.65. The van der Waals surface area contributed by atoms with E-state index in [1.54, 1.807) is 30.2 Å². The fraction of sp³-hybridized carbons (Fsp3) is 0.360. The van der Waals surface area contributed by atoms with Gasteiger partial charge in [0.05, 0.1) is 33.9 Å². The van der Waals surface area contributed by atoms with E-state index in [1.165, 1.54) is 11.3 Å². The highest BCUT2D eigenvalue weighted by molar-refractivity contribution is 8.00. The topological polar surface area (TPSA) is 112 Å². The van der Waals surface area contributed by atoms with Crippen LogP contribution in [0, 0.1) is 29.6 Å². The molecule has 2 bridgehead atoms. The summed E-state index contributed by atoms with van der Waals surface area (Å²) in [5.41, 5.74) is 0.626. The Hall–Kier alpha value is -3.11. The van der Waals surface area contributed by atoms with Gasteiger partial charge in [0.25, 0.3) is 0 Å².